The van der Waals surface area contributed by atoms with Gasteiger partial charge in [-0.1, -0.05) is 67.3 Å². The number of phosphoric acid groups is 1. The Kier molecular flexibility index (Phi) is 11.1. The maximum Gasteiger partial charge on any atom is 0.471 e. The molecule has 0 unspecified atom stereocenters. The first-order valence-corrected chi connectivity index (χ1v) is 8.05. The molecular weight excluding hydrogens is 313 g/mol. The van der Waals surface area contributed by atoms with Gasteiger partial charge in [-0.2, -0.15) is 5.26 Å². The van der Waals surface area contributed by atoms with E-state index >= 15 is 0 Å². The van der Waals surface area contributed by atoms with E-state index < -0.39 is 7.82 Å². The van der Waals surface area contributed by atoms with Crippen molar-refractivity contribution in [1.29, 1.82) is 5.26 Å². The van der Waals surface area contributed by atoms with Gasteiger partial charge in [0.1, 0.15) is 0 Å². The molecular formula is C17H20NO4P. The first-order valence-electron chi connectivity index (χ1n) is 6.55. The molecule has 0 heterocycles. The second-order valence-electron chi connectivity index (χ2n) is 3.95. The van der Waals surface area contributed by atoms with Crippen LogP contribution in [-0.2, 0) is 13.6 Å². The summed E-state index contributed by atoms with van der Waals surface area (Å²) >= 11 is 0. The van der Waals surface area contributed by atoms with Crippen LogP contribution in [0.2, 0.25) is 0 Å². The van der Waals surface area contributed by atoms with Crippen LogP contribution < -0.4 is 0 Å². The molecule has 0 saturated carbocycles. The van der Waals surface area contributed by atoms with Gasteiger partial charge in [0, 0.05) is 20.3 Å². The highest BCUT2D eigenvalue weighted by Crippen LogP contribution is 2.40. The van der Waals surface area contributed by atoms with Crippen LogP contribution in [0.5, 0.6) is 0 Å². The molecule has 0 fully saturated rings. The molecule has 0 radical (unpaired) electrons. The van der Waals surface area contributed by atoms with Crippen molar-refractivity contribution in [3.05, 3.63) is 78.4 Å². The van der Waals surface area contributed by atoms with Gasteiger partial charge in [0.2, 0.25) is 0 Å². The Bertz CT molecular complexity index is 634. The quantitative estimate of drug-likeness (QED) is 0.478. The lowest BCUT2D eigenvalue weighted by atomic mass is 10.1. The molecule has 1 rings (SSSR count). The number of nitrogens with zero attached hydrogens (tertiary/aromatic N) is 1. The van der Waals surface area contributed by atoms with Gasteiger partial charge < -0.3 is 4.89 Å². The Morgan fingerprint density at radius 2 is 1.87 bits per heavy atom. The smallest absolute Gasteiger partial charge is 0.303 e. The van der Waals surface area contributed by atoms with Gasteiger partial charge in [-0.3, -0.25) is 9.05 Å². The average molecular weight is 333 g/mol. The molecule has 122 valence electrons. The zero-order chi connectivity index (χ0) is 17.6. The highest BCUT2D eigenvalue weighted by atomic mass is 31.2. The third kappa shape index (κ3) is 11.1. The van der Waals surface area contributed by atoms with E-state index in [9.17, 15) is 4.57 Å². The lowest BCUT2D eigenvalue weighted by Gasteiger charge is -2.01. The van der Waals surface area contributed by atoms with Crippen molar-refractivity contribution >= 4 is 13.9 Å². The Labute approximate surface area is 137 Å². The highest BCUT2D eigenvalue weighted by Gasteiger charge is 2.13. The zero-order valence-corrected chi connectivity index (χ0v) is 14.0. The van der Waals surface area contributed by atoms with Crippen LogP contribution in [0.15, 0.2) is 72.9 Å². The monoisotopic (exact) mass is 333 g/mol. The van der Waals surface area contributed by atoms with Gasteiger partial charge in [0.25, 0.3) is 0 Å². The fraction of sp³-hybridized carbons (Fsp3) is 0.118. The largest absolute Gasteiger partial charge is 0.471 e. The lowest BCUT2D eigenvalue weighted by molar-refractivity contribution is 0.204. The van der Waals surface area contributed by atoms with Crippen molar-refractivity contribution < 1.29 is 18.5 Å². The Hall–Kier alpha value is -2.22. The van der Waals surface area contributed by atoms with Crippen molar-refractivity contribution in [2.45, 2.75) is 0 Å². The van der Waals surface area contributed by atoms with Crippen LogP contribution in [0.25, 0.3) is 6.08 Å². The number of hydrogen-bond donors (Lipinski definition) is 1. The second-order valence-corrected chi connectivity index (χ2v) is 5.61. The molecule has 0 amide bonds. The van der Waals surface area contributed by atoms with Crippen LogP contribution in [0.4, 0.5) is 0 Å². The Balaban J connectivity index is 0.000000585. The van der Waals surface area contributed by atoms with E-state index in [1.165, 1.54) is 6.08 Å². The van der Waals surface area contributed by atoms with Gasteiger partial charge in [0.15, 0.2) is 0 Å². The van der Waals surface area contributed by atoms with E-state index in [0.717, 1.165) is 25.4 Å². The van der Waals surface area contributed by atoms with Gasteiger partial charge in [-0.05, 0) is 11.1 Å². The predicted molar refractivity (Wildman–Crippen MR) is 92.4 cm³/mol. The van der Waals surface area contributed by atoms with E-state index in [2.05, 4.69) is 15.6 Å². The summed E-state index contributed by atoms with van der Waals surface area (Å²) < 4.78 is 18.0. The SMILES string of the molecule is C=CC=CC(C=Cc1ccccc1)=CC#N.COP(=O)(O)OC. The summed E-state index contributed by atoms with van der Waals surface area (Å²) in [6.07, 6.45) is 10.7. The minimum Gasteiger partial charge on any atom is -0.303 e. The Morgan fingerprint density at radius 1 is 1.26 bits per heavy atom. The predicted octanol–water partition coefficient (Wildman–Crippen LogP) is 4.27. The first kappa shape index (κ1) is 20.8. The van der Waals surface area contributed by atoms with E-state index in [4.69, 9.17) is 10.2 Å². The first-order chi connectivity index (χ1) is 11.0. The van der Waals surface area contributed by atoms with Crippen LogP contribution in [0.1, 0.15) is 5.56 Å². The Morgan fingerprint density at radius 3 is 2.30 bits per heavy atom. The number of benzene rings is 1. The summed E-state index contributed by atoms with van der Waals surface area (Å²) in [4.78, 5) is 8.24. The molecule has 5 nitrogen and oxygen atoms in total. The number of hydrogen-bond acceptors (Lipinski definition) is 4. The molecule has 0 atom stereocenters. The summed E-state index contributed by atoms with van der Waals surface area (Å²) in [6, 6.07) is 12.0. The van der Waals surface area contributed by atoms with Crippen molar-refractivity contribution in [3.63, 3.8) is 0 Å². The molecule has 0 spiro atoms. The molecule has 0 aromatic heterocycles. The van der Waals surface area contributed by atoms with Gasteiger partial charge in [0.05, 0.1) is 6.07 Å². The maximum absolute atomic E-state index is 10.1. The van der Waals surface area contributed by atoms with Crippen molar-refractivity contribution in [1.82, 2.24) is 0 Å². The standard InChI is InChI=1S/C15H13N.C2H7O4P/c1-2-3-7-15(12-13-16)11-10-14-8-5-4-6-9-14;1-5-7(3,4)6-2/h2-12H,1H2;1-2H3,(H,3,4). The van der Waals surface area contributed by atoms with Crippen molar-refractivity contribution in [2.75, 3.05) is 14.2 Å². The summed E-state index contributed by atoms with van der Waals surface area (Å²) in [5.74, 6) is 0. The summed E-state index contributed by atoms with van der Waals surface area (Å²) in [5, 5.41) is 8.61. The van der Waals surface area contributed by atoms with Gasteiger partial charge in [-0.15, -0.1) is 0 Å². The maximum atomic E-state index is 10.1. The van der Waals surface area contributed by atoms with E-state index in [1.807, 2.05) is 54.6 Å². The number of allylic oxidation sites excluding steroid dienone is 6. The summed E-state index contributed by atoms with van der Waals surface area (Å²) in [7, 11) is -1.45. The van der Waals surface area contributed by atoms with E-state index in [0.29, 0.717) is 0 Å². The average Bonchev–Trinajstić information content (AvgIpc) is 2.59. The van der Waals surface area contributed by atoms with Crippen LogP contribution >= 0.6 is 7.82 Å². The molecule has 1 N–H and O–H groups in total. The van der Waals surface area contributed by atoms with Crippen LogP contribution in [0, 0.1) is 11.3 Å². The number of nitriles is 1. The molecule has 6 heteroatoms. The van der Waals surface area contributed by atoms with Crippen molar-refractivity contribution in [2.24, 2.45) is 0 Å². The van der Waals surface area contributed by atoms with Crippen molar-refractivity contribution in [3.8, 4) is 6.07 Å². The summed E-state index contributed by atoms with van der Waals surface area (Å²) in [5.41, 5.74) is 1.96. The number of phosphoric ester groups is 1. The molecule has 0 bridgehead atoms. The van der Waals surface area contributed by atoms with Gasteiger partial charge >= 0.3 is 7.82 Å². The topological polar surface area (TPSA) is 79.5 Å². The molecule has 1 aromatic carbocycles. The minimum absolute atomic E-state index is 0.853. The number of rotatable bonds is 6. The fourth-order valence-electron chi connectivity index (χ4n) is 1.24. The van der Waals surface area contributed by atoms with E-state index in [1.54, 1.807) is 12.2 Å². The molecule has 1 aromatic rings. The minimum atomic E-state index is -3.65. The molecule has 0 aliphatic rings. The molecule has 23 heavy (non-hydrogen) atoms. The second kappa shape index (κ2) is 12.3. The summed E-state index contributed by atoms with van der Waals surface area (Å²) in [6.45, 7) is 3.59. The highest BCUT2D eigenvalue weighted by molar-refractivity contribution is 7.47. The lowest BCUT2D eigenvalue weighted by Crippen LogP contribution is -1.83. The van der Waals surface area contributed by atoms with E-state index in [-0.39, 0.29) is 0 Å². The fourth-order valence-corrected chi connectivity index (χ4v) is 1.39. The third-order valence-electron chi connectivity index (χ3n) is 2.39. The van der Waals surface area contributed by atoms with Crippen LogP contribution in [0.3, 0.4) is 0 Å². The molecule has 0 aliphatic heterocycles. The normalized spacial score (nSPS) is 11.8. The van der Waals surface area contributed by atoms with Crippen LogP contribution in [-0.4, -0.2) is 19.1 Å². The zero-order valence-electron chi connectivity index (χ0n) is 13.1. The molecule has 0 saturated heterocycles. The molecule has 0 aliphatic carbocycles. The van der Waals surface area contributed by atoms with Gasteiger partial charge in [-0.25, -0.2) is 4.57 Å². The third-order valence-corrected chi connectivity index (χ3v) is 3.31.